The SMILES string of the molecule is N#CCCCC(=O)N[C@H]1CC[C@H](CCN2CCN(c3ccccc3C(F)(F)F)CC2)CC1. The predicted molar refractivity (Wildman–Crippen MR) is 118 cm³/mol. The zero-order valence-corrected chi connectivity index (χ0v) is 18.5. The number of carbonyl (C=O) groups excluding carboxylic acids is 1. The second-order valence-corrected chi connectivity index (χ2v) is 8.93. The molecule has 1 heterocycles. The third-order valence-electron chi connectivity index (χ3n) is 6.68. The summed E-state index contributed by atoms with van der Waals surface area (Å²) in [6.07, 6.45) is 2.42. The molecule has 0 spiro atoms. The minimum atomic E-state index is -4.33. The molecular weight excluding hydrogens is 417 g/mol. The smallest absolute Gasteiger partial charge is 0.368 e. The maximum Gasteiger partial charge on any atom is 0.418 e. The zero-order chi connectivity index (χ0) is 23.0. The standard InChI is InChI=1S/C24H33F3N4O/c25-24(26,27)21-5-1-2-6-22(21)31-17-15-30(16-18-31)14-12-19-8-10-20(11-9-19)29-23(32)7-3-4-13-28/h1-2,5-6,19-20H,3-4,7-12,14-18H2,(H,29,32)/t19-,20-. The maximum atomic E-state index is 13.3. The Balaban J connectivity index is 1.35. The molecule has 2 fully saturated rings. The average molecular weight is 451 g/mol. The van der Waals surface area contributed by atoms with Gasteiger partial charge in [-0.15, -0.1) is 0 Å². The first-order valence-corrected chi connectivity index (χ1v) is 11.7. The number of hydrogen-bond donors (Lipinski definition) is 1. The number of anilines is 1. The van der Waals surface area contributed by atoms with Crippen molar-refractivity contribution in [3.63, 3.8) is 0 Å². The predicted octanol–water partition coefficient (Wildman–Crippen LogP) is 4.59. The first kappa shape index (κ1) is 24.4. The molecule has 32 heavy (non-hydrogen) atoms. The van der Waals surface area contributed by atoms with Crippen LogP contribution >= 0.6 is 0 Å². The molecule has 0 bridgehead atoms. The van der Waals surface area contributed by atoms with Crippen LogP contribution in [0.4, 0.5) is 18.9 Å². The number of para-hydroxylation sites is 1. The third kappa shape index (κ3) is 7.13. The number of unbranched alkanes of at least 4 members (excludes halogenated alkanes) is 1. The van der Waals surface area contributed by atoms with E-state index in [9.17, 15) is 18.0 Å². The molecule has 1 amide bonds. The van der Waals surface area contributed by atoms with Crippen LogP contribution in [0, 0.1) is 17.2 Å². The van der Waals surface area contributed by atoms with E-state index in [4.69, 9.17) is 5.26 Å². The second-order valence-electron chi connectivity index (χ2n) is 8.93. The molecule has 1 saturated heterocycles. The molecule has 1 N–H and O–H groups in total. The van der Waals surface area contributed by atoms with Crippen LogP contribution in [-0.4, -0.2) is 49.6 Å². The number of nitrogens with one attached hydrogen (secondary N) is 1. The van der Waals surface area contributed by atoms with Crippen LogP contribution in [0.2, 0.25) is 0 Å². The minimum Gasteiger partial charge on any atom is -0.368 e. The largest absolute Gasteiger partial charge is 0.418 e. The zero-order valence-electron chi connectivity index (χ0n) is 18.5. The first-order chi connectivity index (χ1) is 15.4. The fourth-order valence-electron chi connectivity index (χ4n) is 4.79. The van der Waals surface area contributed by atoms with Gasteiger partial charge >= 0.3 is 6.18 Å². The Morgan fingerprint density at radius 3 is 2.44 bits per heavy atom. The van der Waals surface area contributed by atoms with E-state index < -0.39 is 11.7 Å². The Kier molecular flexibility index (Phi) is 8.80. The van der Waals surface area contributed by atoms with Crippen LogP contribution in [0.25, 0.3) is 0 Å². The molecule has 1 aliphatic heterocycles. The van der Waals surface area contributed by atoms with Crippen molar-refractivity contribution in [3.05, 3.63) is 29.8 Å². The summed E-state index contributed by atoms with van der Waals surface area (Å²) in [6.45, 7) is 3.75. The molecule has 1 aliphatic carbocycles. The van der Waals surface area contributed by atoms with Gasteiger partial charge in [0.1, 0.15) is 0 Å². The number of nitriles is 1. The van der Waals surface area contributed by atoms with Gasteiger partial charge in [-0.05, 0) is 63.1 Å². The molecule has 0 aromatic heterocycles. The van der Waals surface area contributed by atoms with Gasteiger partial charge in [-0.2, -0.15) is 18.4 Å². The van der Waals surface area contributed by atoms with Gasteiger partial charge in [0.2, 0.25) is 5.91 Å². The maximum absolute atomic E-state index is 13.3. The number of nitrogens with zero attached hydrogens (tertiary/aromatic N) is 3. The van der Waals surface area contributed by atoms with Crippen molar-refractivity contribution < 1.29 is 18.0 Å². The highest BCUT2D eigenvalue weighted by molar-refractivity contribution is 5.76. The van der Waals surface area contributed by atoms with Crippen molar-refractivity contribution in [1.82, 2.24) is 10.2 Å². The summed E-state index contributed by atoms with van der Waals surface area (Å²) in [5.41, 5.74) is -0.269. The average Bonchev–Trinajstić information content (AvgIpc) is 2.79. The van der Waals surface area contributed by atoms with Crippen LogP contribution < -0.4 is 10.2 Å². The highest BCUT2D eigenvalue weighted by Crippen LogP contribution is 2.36. The van der Waals surface area contributed by atoms with E-state index in [2.05, 4.69) is 16.3 Å². The van der Waals surface area contributed by atoms with Gasteiger partial charge in [-0.3, -0.25) is 9.69 Å². The Morgan fingerprint density at radius 1 is 1.09 bits per heavy atom. The summed E-state index contributed by atoms with van der Waals surface area (Å²) in [6, 6.07) is 8.15. The number of piperazine rings is 1. The van der Waals surface area contributed by atoms with Gasteiger partial charge in [0.05, 0.1) is 11.6 Å². The lowest BCUT2D eigenvalue weighted by molar-refractivity contribution is -0.137. The van der Waals surface area contributed by atoms with Crippen molar-refractivity contribution in [2.75, 3.05) is 37.6 Å². The van der Waals surface area contributed by atoms with Crippen molar-refractivity contribution in [2.24, 2.45) is 5.92 Å². The summed E-state index contributed by atoms with van der Waals surface area (Å²) >= 11 is 0. The molecule has 1 saturated carbocycles. The molecule has 5 nitrogen and oxygen atoms in total. The van der Waals surface area contributed by atoms with E-state index in [0.717, 1.165) is 57.8 Å². The summed E-state index contributed by atoms with van der Waals surface area (Å²) in [7, 11) is 0. The number of carbonyl (C=O) groups is 1. The van der Waals surface area contributed by atoms with Gasteiger partial charge in [0, 0.05) is 50.7 Å². The number of rotatable bonds is 8. The van der Waals surface area contributed by atoms with Gasteiger partial charge in [0.15, 0.2) is 0 Å². The van der Waals surface area contributed by atoms with Crippen molar-refractivity contribution in [1.29, 1.82) is 5.26 Å². The molecule has 176 valence electrons. The summed E-state index contributed by atoms with van der Waals surface area (Å²) in [4.78, 5) is 16.1. The van der Waals surface area contributed by atoms with E-state index in [1.54, 1.807) is 12.1 Å². The van der Waals surface area contributed by atoms with E-state index in [1.807, 2.05) is 4.90 Å². The lowest BCUT2D eigenvalue weighted by atomic mass is 9.84. The number of alkyl halides is 3. The van der Waals surface area contributed by atoms with E-state index in [0.29, 0.717) is 38.3 Å². The molecule has 1 aromatic carbocycles. The number of halogens is 3. The van der Waals surface area contributed by atoms with Crippen LogP contribution in [0.5, 0.6) is 0 Å². The monoisotopic (exact) mass is 450 g/mol. The Morgan fingerprint density at radius 2 is 1.78 bits per heavy atom. The Bertz CT molecular complexity index is 776. The lowest BCUT2D eigenvalue weighted by Crippen LogP contribution is -2.47. The number of hydrogen-bond acceptors (Lipinski definition) is 4. The van der Waals surface area contributed by atoms with Gasteiger partial charge in [-0.25, -0.2) is 0 Å². The summed E-state index contributed by atoms with van der Waals surface area (Å²) in [5.74, 6) is 0.694. The normalized spacial score (nSPS) is 22.4. The number of benzene rings is 1. The molecule has 0 unspecified atom stereocenters. The van der Waals surface area contributed by atoms with Crippen molar-refractivity contribution >= 4 is 11.6 Å². The topological polar surface area (TPSA) is 59.4 Å². The van der Waals surface area contributed by atoms with Crippen LogP contribution in [0.15, 0.2) is 24.3 Å². The first-order valence-electron chi connectivity index (χ1n) is 11.7. The molecule has 8 heteroatoms. The molecule has 0 atom stereocenters. The van der Waals surface area contributed by atoms with E-state index >= 15 is 0 Å². The fourth-order valence-corrected chi connectivity index (χ4v) is 4.79. The fraction of sp³-hybridized carbons (Fsp3) is 0.667. The summed E-state index contributed by atoms with van der Waals surface area (Å²) in [5, 5.41) is 11.6. The highest BCUT2D eigenvalue weighted by Gasteiger charge is 2.35. The summed E-state index contributed by atoms with van der Waals surface area (Å²) < 4.78 is 39.9. The second kappa shape index (κ2) is 11.6. The Hall–Kier alpha value is -2.27. The molecule has 0 radical (unpaired) electrons. The van der Waals surface area contributed by atoms with Gasteiger partial charge < -0.3 is 10.2 Å². The molecular formula is C24H33F3N4O. The third-order valence-corrected chi connectivity index (χ3v) is 6.68. The highest BCUT2D eigenvalue weighted by atomic mass is 19.4. The van der Waals surface area contributed by atoms with Crippen LogP contribution in [0.1, 0.15) is 56.9 Å². The van der Waals surface area contributed by atoms with E-state index in [1.165, 1.54) is 6.07 Å². The van der Waals surface area contributed by atoms with E-state index in [-0.39, 0.29) is 17.6 Å². The quantitative estimate of drug-likeness (QED) is 0.589. The Labute approximate surface area is 188 Å². The van der Waals surface area contributed by atoms with Crippen molar-refractivity contribution in [3.8, 4) is 6.07 Å². The van der Waals surface area contributed by atoms with Gasteiger partial charge in [0.25, 0.3) is 0 Å². The molecule has 2 aliphatic rings. The van der Waals surface area contributed by atoms with Crippen LogP contribution in [-0.2, 0) is 11.0 Å². The van der Waals surface area contributed by atoms with Crippen molar-refractivity contribution in [2.45, 2.75) is 63.6 Å². The molecule has 1 aromatic rings. The number of amides is 1. The minimum absolute atomic E-state index is 0.0497. The van der Waals surface area contributed by atoms with Gasteiger partial charge in [-0.1, -0.05) is 12.1 Å². The lowest BCUT2D eigenvalue weighted by Gasteiger charge is -2.38. The molecule has 3 rings (SSSR count). The van der Waals surface area contributed by atoms with Crippen LogP contribution in [0.3, 0.4) is 0 Å².